The van der Waals surface area contributed by atoms with Crippen molar-refractivity contribution in [2.24, 2.45) is 17.8 Å². The largest absolute Gasteiger partial charge is 0.508 e. The number of carbonyl (C=O) groups excluding carboxylic acids is 2. The van der Waals surface area contributed by atoms with E-state index in [2.05, 4.69) is 4.98 Å². The molecule has 0 unspecified atom stereocenters. The first-order valence-electron chi connectivity index (χ1n) is 13.4. The Balaban J connectivity index is 1.41. The maximum atomic E-state index is 13.5. The van der Waals surface area contributed by atoms with Crippen molar-refractivity contribution in [2.75, 3.05) is 13.2 Å². The molecular weight excluding hydrogens is 564 g/mol. The fourth-order valence-electron chi connectivity index (χ4n) is 5.98. The molecular formula is C31H31ClN2O6S. The van der Waals surface area contributed by atoms with E-state index in [1.54, 1.807) is 18.3 Å². The number of hydrogen-bond acceptors (Lipinski definition) is 8. The fraction of sp³-hybridized carbons (Fsp3) is 0.323. The van der Waals surface area contributed by atoms with Gasteiger partial charge in [0.15, 0.2) is 0 Å². The predicted octanol–water partition coefficient (Wildman–Crippen LogP) is 4.29. The van der Waals surface area contributed by atoms with Gasteiger partial charge in [-0.3, -0.25) is 19.5 Å². The van der Waals surface area contributed by atoms with Crippen LogP contribution in [0.5, 0.6) is 5.75 Å². The maximum Gasteiger partial charge on any atom is 0.234 e. The van der Waals surface area contributed by atoms with Gasteiger partial charge >= 0.3 is 0 Å². The number of fused-ring (bicyclic) bond motifs is 1. The first-order valence-corrected chi connectivity index (χ1v) is 14.7. The highest BCUT2D eigenvalue weighted by Gasteiger charge is 2.54. The summed E-state index contributed by atoms with van der Waals surface area (Å²) in [4.78, 5) is 33.4. The molecule has 0 saturated carbocycles. The average Bonchev–Trinajstić information content (AvgIpc) is 3.58. The molecule has 3 heterocycles. The Hall–Kier alpha value is -3.34. The van der Waals surface area contributed by atoms with Crippen LogP contribution in [-0.4, -0.2) is 61.4 Å². The number of allylic oxidation sites excluding steroid dienone is 1. The molecule has 214 valence electrons. The Morgan fingerprint density at radius 3 is 2.63 bits per heavy atom. The van der Waals surface area contributed by atoms with Crippen molar-refractivity contribution in [2.45, 2.75) is 31.9 Å². The minimum atomic E-state index is -1.08. The van der Waals surface area contributed by atoms with Crippen molar-refractivity contribution in [3.63, 3.8) is 0 Å². The van der Waals surface area contributed by atoms with Gasteiger partial charge in [0.2, 0.25) is 11.8 Å². The number of aliphatic hydroxyl groups is 3. The second kappa shape index (κ2) is 12.7. The molecule has 1 aliphatic heterocycles. The number of likely N-dealkylation sites (tertiary alicyclic amines) is 1. The lowest BCUT2D eigenvalue weighted by atomic mass is 9.68. The van der Waals surface area contributed by atoms with Crippen molar-refractivity contribution >= 4 is 46.4 Å². The molecule has 2 aliphatic rings. The van der Waals surface area contributed by atoms with Crippen molar-refractivity contribution in [3.05, 3.63) is 92.4 Å². The van der Waals surface area contributed by atoms with Crippen LogP contribution >= 0.6 is 22.9 Å². The van der Waals surface area contributed by atoms with Crippen molar-refractivity contribution in [1.29, 1.82) is 0 Å². The van der Waals surface area contributed by atoms with Crippen LogP contribution < -0.4 is 0 Å². The van der Waals surface area contributed by atoms with E-state index in [0.717, 1.165) is 10.5 Å². The number of aromatic hydroxyl groups is 1. The Morgan fingerprint density at radius 2 is 1.98 bits per heavy atom. The van der Waals surface area contributed by atoms with E-state index in [1.807, 2.05) is 35.7 Å². The molecule has 1 fully saturated rings. The number of nitrogens with zero attached hydrogens (tertiary/aromatic N) is 2. The van der Waals surface area contributed by atoms with E-state index in [0.29, 0.717) is 33.8 Å². The summed E-state index contributed by atoms with van der Waals surface area (Å²) in [5.41, 5.74) is 3.06. The Kier molecular flexibility index (Phi) is 9.01. The Labute approximate surface area is 246 Å². The summed E-state index contributed by atoms with van der Waals surface area (Å²) in [6, 6.07) is 13.9. The predicted molar refractivity (Wildman–Crippen MR) is 157 cm³/mol. The van der Waals surface area contributed by atoms with Gasteiger partial charge in [0.1, 0.15) is 5.75 Å². The summed E-state index contributed by atoms with van der Waals surface area (Å²) >= 11 is 7.81. The number of rotatable bonds is 10. The van der Waals surface area contributed by atoms with E-state index in [4.69, 9.17) is 11.6 Å². The van der Waals surface area contributed by atoms with E-state index in [1.165, 1.54) is 28.4 Å². The highest BCUT2D eigenvalue weighted by molar-refractivity contribution is 7.09. The zero-order valence-corrected chi connectivity index (χ0v) is 23.8. The van der Waals surface area contributed by atoms with Crippen LogP contribution in [-0.2, 0) is 16.1 Å². The number of phenols is 1. The molecule has 0 spiro atoms. The van der Waals surface area contributed by atoms with Crippen molar-refractivity contribution in [1.82, 2.24) is 9.88 Å². The van der Waals surface area contributed by atoms with Crippen molar-refractivity contribution in [3.8, 4) is 5.75 Å². The number of aliphatic hydroxyl groups excluding tert-OH is 3. The third-order valence-electron chi connectivity index (χ3n) is 7.91. The molecule has 1 aromatic carbocycles. The third-order valence-corrected chi connectivity index (χ3v) is 9.10. The minimum absolute atomic E-state index is 0.0463. The third kappa shape index (κ3) is 6.00. The van der Waals surface area contributed by atoms with Gasteiger partial charge in [-0.15, -0.1) is 11.3 Å². The van der Waals surface area contributed by atoms with Crippen LogP contribution in [0.1, 0.15) is 35.4 Å². The number of thiophene rings is 1. The molecule has 4 N–H and O–H groups in total. The van der Waals surface area contributed by atoms with Crippen LogP contribution in [0.15, 0.2) is 71.3 Å². The van der Waals surface area contributed by atoms with Crippen LogP contribution in [0.2, 0.25) is 5.02 Å². The SMILES string of the molecule is O=C1[C@@H]2[C@@H](CC(CO)=C([C@H](O)CC/C(=C/c3ccc(O)cc3Cl)c3ccccn3)[C@@H]2CO)C(=O)N1Cc1cccs1. The Morgan fingerprint density at radius 1 is 1.15 bits per heavy atom. The summed E-state index contributed by atoms with van der Waals surface area (Å²) in [5, 5.41) is 44.2. The summed E-state index contributed by atoms with van der Waals surface area (Å²) < 4.78 is 0. The molecule has 2 amide bonds. The van der Waals surface area contributed by atoms with Gasteiger partial charge in [-0.25, -0.2) is 0 Å². The van der Waals surface area contributed by atoms with Gasteiger partial charge in [-0.2, -0.15) is 0 Å². The number of hydrogen-bond donors (Lipinski definition) is 4. The zero-order valence-electron chi connectivity index (χ0n) is 22.2. The van der Waals surface area contributed by atoms with E-state index in [-0.39, 0.29) is 43.6 Å². The maximum absolute atomic E-state index is 13.5. The molecule has 1 saturated heterocycles. The number of imide groups is 1. The van der Waals surface area contributed by atoms with Gasteiger partial charge in [0, 0.05) is 17.0 Å². The van der Waals surface area contributed by atoms with Crippen LogP contribution in [0.4, 0.5) is 0 Å². The molecule has 2 aromatic heterocycles. The zero-order chi connectivity index (χ0) is 29.1. The van der Waals surface area contributed by atoms with Crippen LogP contribution in [0.25, 0.3) is 11.6 Å². The standard InChI is InChI=1S/C31H31ClN2O6S/c32-25-14-21(37)8-6-18(25)12-19(26-5-1-2-10-33-26)7-9-27(38)28-20(16-35)13-23-29(24(28)17-36)31(40)34(30(23)39)15-22-4-3-11-41-22/h1-6,8,10-12,14,23-24,27,29,35-38H,7,9,13,15-17H2/b19-12-/t23-,24+,27-,29-/m1/s1. The quantitative estimate of drug-likeness (QED) is 0.203. The normalized spacial score (nSPS) is 21.9. The summed E-state index contributed by atoms with van der Waals surface area (Å²) in [7, 11) is 0. The van der Waals surface area contributed by atoms with Gasteiger partial charge in [0.25, 0.3) is 0 Å². The summed E-state index contributed by atoms with van der Waals surface area (Å²) in [6.07, 6.45) is 3.17. The average molecular weight is 595 g/mol. The molecule has 5 rings (SSSR count). The van der Waals surface area contributed by atoms with E-state index >= 15 is 0 Å². The lowest BCUT2D eigenvalue weighted by Gasteiger charge is -2.36. The van der Waals surface area contributed by atoms with Gasteiger partial charge < -0.3 is 20.4 Å². The first-order chi connectivity index (χ1) is 19.8. The molecule has 1 aliphatic carbocycles. The molecule has 3 aromatic rings. The number of pyridine rings is 1. The number of amides is 2. The highest BCUT2D eigenvalue weighted by atomic mass is 35.5. The summed E-state index contributed by atoms with van der Waals surface area (Å²) in [5.74, 6) is -2.88. The molecule has 4 atom stereocenters. The number of aromatic nitrogens is 1. The van der Waals surface area contributed by atoms with Gasteiger partial charge in [-0.1, -0.05) is 23.7 Å². The number of benzene rings is 1. The molecule has 41 heavy (non-hydrogen) atoms. The monoisotopic (exact) mass is 594 g/mol. The summed E-state index contributed by atoms with van der Waals surface area (Å²) in [6.45, 7) is -0.648. The van der Waals surface area contributed by atoms with Crippen LogP contribution in [0.3, 0.4) is 0 Å². The lowest BCUT2D eigenvalue weighted by Crippen LogP contribution is -2.39. The Bertz CT molecular complexity index is 1470. The molecule has 0 bridgehead atoms. The number of carbonyl (C=O) groups is 2. The number of halogens is 1. The second-order valence-corrected chi connectivity index (χ2v) is 11.8. The van der Waals surface area contributed by atoms with Crippen molar-refractivity contribution < 1.29 is 30.0 Å². The fourth-order valence-corrected chi connectivity index (χ4v) is 6.90. The highest BCUT2D eigenvalue weighted by Crippen LogP contribution is 2.46. The molecule has 8 nitrogen and oxygen atoms in total. The first kappa shape index (κ1) is 29.2. The van der Waals surface area contributed by atoms with Gasteiger partial charge in [-0.05, 0) is 89.4 Å². The number of phenolic OH excluding ortho intramolecular Hbond substituents is 1. The minimum Gasteiger partial charge on any atom is -0.508 e. The van der Waals surface area contributed by atoms with Crippen LogP contribution in [0, 0.1) is 17.8 Å². The topological polar surface area (TPSA) is 131 Å². The molecule has 0 radical (unpaired) electrons. The van der Waals surface area contributed by atoms with E-state index in [9.17, 15) is 30.0 Å². The molecule has 10 heteroatoms. The second-order valence-electron chi connectivity index (χ2n) is 10.3. The lowest BCUT2D eigenvalue weighted by molar-refractivity contribution is -0.140. The van der Waals surface area contributed by atoms with Gasteiger partial charge in [0.05, 0.1) is 48.4 Å². The smallest absolute Gasteiger partial charge is 0.234 e. The van der Waals surface area contributed by atoms with E-state index < -0.39 is 30.5 Å².